The molecule has 3 fully saturated rings. The summed E-state index contributed by atoms with van der Waals surface area (Å²) in [5.41, 5.74) is 3.96. The number of nitrogens with one attached hydrogen (secondary N) is 1. The molecule has 0 amide bonds. The van der Waals surface area contributed by atoms with Gasteiger partial charge >= 0.3 is 0 Å². The van der Waals surface area contributed by atoms with Gasteiger partial charge in [-0.2, -0.15) is 0 Å². The van der Waals surface area contributed by atoms with Crippen molar-refractivity contribution in [3.8, 4) is 0 Å². The van der Waals surface area contributed by atoms with Gasteiger partial charge in [-0.3, -0.25) is 4.90 Å². The molecule has 1 saturated carbocycles. The summed E-state index contributed by atoms with van der Waals surface area (Å²) < 4.78 is 5.36. The van der Waals surface area contributed by atoms with Gasteiger partial charge in [-0.25, -0.2) is 9.97 Å². The molecule has 1 aromatic carbocycles. The van der Waals surface area contributed by atoms with Gasteiger partial charge in [0.15, 0.2) is 0 Å². The Labute approximate surface area is 173 Å². The van der Waals surface area contributed by atoms with Gasteiger partial charge in [0.2, 0.25) is 5.95 Å². The van der Waals surface area contributed by atoms with E-state index in [-0.39, 0.29) is 5.54 Å². The van der Waals surface area contributed by atoms with Crippen molar-refractivity contribution in [2.45, 2.75) is 62.9 Å². The quantitative estimate of drug-likeness (QED) is 0.802. The highest BCUT2D eigenvalue weighted by atomic mass is 16.5. The Kier molecular flexibility index (Phi) is 5.27. The van der Waals surface area contributed by atoms with Gasteiger partial charge in [0, 0.05) is 11.9 Å². The first-order chi connectivity index (χ1) is 14.3. The Morgan fingerprint density at radius 1 is 1.10 bits per heavy atom. The van der Waals surface area contributed by atoms with Crippen LogP contribution in [0, 0.1) is 0 Å². The second kappa shape index (κ2) is 8.04. The number of rotatable bonds is 6. The van der Waals surface area contributed by atoms with E-state index >= 15 is 0 Å². The fourth-order valence-electron chi connectivity index (χ4n) is 4.99. The van der Waals surface area contributed by atoms with Crippen molar-refractivity contribution in [1.29, 1.82) is 0 Å². The molecule has 1 aliphatic carbocycles. The third kappa shape index (κ3) is 3.78. The largest absolute Gasteiger partial charge is 0.378 e. The van der Waals surface area contributed by atoms with E-state index in [2.05, 4.69) is 51.4 Å². The first-order valence-corrected chi connectivity index (χ1v) is 11.3. The zero-order valence-corrected chi connectivity index (χ0v) is 17.4. The SMILES string of the molecule is CCc1ccnc(NC2(c3ccc(C4CCN(C5COC5)CC4)cc3)CCC2)n1. The van der Waals surface area contributed by atoms with Gasteiger partial charge in [0.05, 0.1) is 24.8 Å². The lowest BCUT2D eigenvalue weighted by atomic mass is 9.71. The fraction of sp³-hybridized carbons (Fsp3) is 0.583. The Bertz CT molecular complexity index is 821. The van der Waals surface area contributed by atoms with Crippen LogP contribution in [-0.2, 0) is 16.7 Å². The number of aryl methyl sites for hydroxylation is 1. The van der Waals surface area contributed by atoms with E-state index in [1.54, 1.807) is 0 Å². The van der Waals surface area contributed by atoms with Crippen molar-refractivity contribution < 1.29 is 4.74 Å². The van der Waals surface area contributed by atoms with Gasteiger partial charge in [0.1, 0.15) is 0 Å². The molecule has 5 rings (SSSR count). The van der Waals surface area contributed by atoms with Gasteiger partial charge in [-0.05, 0) is 74.7 Å². The van der Waals surface area contributed by atoms with Crippen LogP contribution in [0.4, 0.5) is 5.95 Å². The van der Waals surface area contributed by atoms with E-state index in [1.807, 2.05) is 12.3 Å². The molecule has 5 heteroatoms. The maximum Gasteiger partial charge on any atom is 0.223 e. The third-order valence-electron chi connectivity index (χ3n) is 7.23. The van der Waals surface area contributed by atoms with Crippen molar-refractivity contribution in [1.82, 2.24) is 14.9 Å². The van der Waals surface area contributed by atoms with Crippen LogP contribution in [-0.4, -0.2) is 47.2 Å². The summed E-state index contributed by atoms with van der Waals surface area (Å²) in [6.45, 7) is 6.40. The number of anilines is 1. The molecule has 0 radical (unpaired) electrons. The number of hydrogen-bond acceptors (Lipinski definition) is 5. The molecule has 1 aromatic heterocycles. The first kappa shape index (κ1) is 19.0. The molecule has 0 atom stereocenters. The van der Waals surface area contributed by atoms with E-state index < -0.39 is 0 Å². The van der Waals surface area contributed by atoms with E-state index in [0.717, 1.165) is 44.1 Å². The predicted molar refractivity (Wildman–Crippen MR) is 115 cm³/mol. The topological polar surface area (TPSA) is 50.3 Å². The molecular formula is C24H32N4O. The number of nitrogens with zero attached hydrogens (tertiary/aromatic N) is 3. The van der Waals surface area contributed by atoms with E-state index in [9.17, 15) is 0 Å². The fourth-order valence-corrected chi connectivity index (χ4v) is 4.99. The summed E-state index contributed by atoms with van der Waals surface area (Å²) in [4.78, 5) is 11.8. The molecule has 5 nitrogen and oxygen atoms in total. The van der Waals surface area contributed by atoms with Gasteiger partial charge in [-0.15, -0.1) is 0 Å². The molecule has 2 aliphatic heterocycles. The smallest absolute Gasteiger partial charge is 0.223 e. The highest BCUT2D eigenvalue weighted by Gasteiger charge is 2.39. The first-order valence-electron chi connectivity index (χ1n) is 11.3. The van der Waals surface area contributed by atoms with Gasteiger partial charge < -0.3 is 10.1 Å². The molecule has 3 heterocycles. The Morgan fingerprint density at radius 2 is 1.86 bits per heavy atom. The van der Waals surface area contributed by atoms with Gasteiger partial charge in [-0.1, -0.05) is 31.2 Å². The third-order valence-corrected chi connectivity index (χ3v) is 7.23. The Hall–Kier alpha value is -1.98. The number of hydrogen-bond donors (Lipinski definition) is 1. The molecule has 1 N–H and O–H groups in total. The molecule has 0 unspecified atom stereocenters. The maximum atomic E-state index is 5.36. The molecule has 154 valence electrons. The van der Waals surface area contributed by atoms with Crippen molar-refractivity contribution in [3.05, 3.63) is 53.3 Å². The second-order valence-electron chi connectivity index (χ2n) is 8.91. The molecule has 2 aromatic rings. The normalized spacial score (nSPS) is 22.7. The van der Waals surface area contributed by atoms with Crippen molar-refractivity contribution in [2.24, 2.45) is 0 Å². The summed E-state index contributed by atoms with van der Waals surface area (Å²) in [5, 5.41) is 3.67. The molecule has 2 saturated heterocycles. The van der Waals surface area contributed by atoms with Crippen LogP contribution < -0.4 is 5.32 Å². The summed E-state index contributed by atoms with van der Waals surface area (Å²) in [6, 6.07) is 12.1. The van der Waals surface area contributed by atoms with E-state index in [1.165, 1.54) is 43.5 Å². The highest BCUT2D eigenvalue weighted by molar-refractivity contribution is 5.41. The van der Waals surface area contributed by atoms with Crippen molar-refractivity contribution in [2.75, 3.05) is 31.6 Å². The minimum absolute atomic E-state index is 0.00151. The van der Waals surface area contributed by atoms with Crippen LogP contribution in [0.5, 0.6) is 0 Å². The van der Waals surface area contributed by atoms with Crippen LogP contribution in [0.2, 0.25) is 0 Å². The monoisotopic (exact) mass is 392 g/mol. The van der Waals surface area contributed by atoms with Crippen LogP contribution in [0.3, 0.4) is 0 Å². The average Bonchev–Trinajstić information content (AvgIpc) is 2.70. The lowest BCUT2D eigenvalue weighted by molar-refractivity contribution is -0.0712. The van der Waals surface area contributed by atoms with Crippen molar-refractivity contribution >= 4 is 5.95 Å². The maximum absolute atomic E-state index is 5.36. The second-order valence-corrected chi connectivity index (χ2v) is 8.91. The summed E-state index contributed by atoms with van der Waals surface area (Å²) in [5.74, 6) is 1.46. The van der Waals surface area contributed by atoms with Gasteiger partial charge in [0.25, 0.3) is 0 Å². The molecule has 0 spiro atoms. The number of aromatic nitrogens is 2. The number of piperidine rings is 1. The Balaban J connectivity index is 1.26. The predicted octanol–water partition coefficient (Wildman–Crippen LogP) is 4.11. The average molecular weight is 393 g/mol. The molecule has 0 bridgehead atoms. The van der Waals surface area contributed by atoms with E-state index in [4.69, 9.17) is 4.74 Å². The summed E-state index contributed by atoms with van der Waals surface area (Å²) in [6.07, 6.45) is 8.87. The van der Waals surface area contributed by atoms with Crippen LogP contribution in [0.15, 0.2) is 36.5 Å². The molecule has 3 aliphatic rings. The number of benzene rings is 1. The van der Waals surface area contributed by atoms with Crippen LogP contribution >= 0.6 is 0 Å². The van der Waals surface area contributed by atoms with E-state index in [0.29, 0.717) is 12.0 Å². The molecule has 29 heavy (non-hydrogen) atoms. The lowest BCUT2D eigenvalue weighted by Gasteiger charge is -2.43. The number of ether oxygens (including phenoxy) is 1. The highest BCUT2D eigenvalue weighted by Crippen LogP contribution is 2.44. The summed E-state index contributed by atoms with van der Waals surface area (Å²) >= 11 is 0. The molecular weight excluding hydrogens is 360 g/mol. The zero-order valence-electron chi connectivity index (χ0n) is 17.4. The lowest BCUT2D eigenvalue weighted by Crippen LogP contribution is -2.51. The standard InChI is InChI=1S/C24H32N4O/c1-2-21-8-13-25-23(26-21)27-24(11-3-12-24)20-6-4-18(5-7-20)19-9-14-28(15-10-19)22-16-29-17-22/h4-8,13,19,22H,2-3,9-12,14-17H2,1H3,(H,25,26,27). The van der Waals surface area contributed by atoms with Crippen LogP contribution in [0.25, 0.3) is 0 Å². The Morgan fingerprint density at radius 3 is 2.45 bits per heavy atom. The zero-order chi connectivity index (χ0) is 19.7. The minimum Gasteiger partial charge on any atom is -0.378 e. The van der Waals surface area contributed by atoms with Crippen molar-refractivity contribution in [3.63, 3.8) is 0 Å². The summed E-state index contributed by atoms with van der Waals surface area (Å²) in [7, 11) is 0. The minimum atomic E-state index is -0.00151. The van der Waals surface area contributed by atoms with Crippen LogP contribution in [0.1, 0.15) is 61.8 Å². The number of likely N-dealkylation sites (tertiary alicyclic amines) is 1.